The lowest BCUT2D eigenvalue weighted by Crippen LogP contribution is -2.32. The molecule has 6 heteroatoms. The van der Waals surface area contributed by atoms with Gasteiger partial charge in [-0.05, 0) is 51.8 Å². The number of esters is 1. The molecule has 29 heavy (non-hydrogen) atoms. The highest BCUT2D eigenvalue weighted by molar-refractivity contribution is 6.03. The maximum atomic E-state index is 12.9. The third kappa shape index (κ3) is 4.04. The van der Waals surface area contributed by atoms with Crippen LogP contribution >= 0.6 is 0 Å². The first-order valence-corrected chi connectivity index (χ1v) is 9.92. The smallest absolute Gasteiger partial charge is 0.336 e. The average Bonchev–Trinajstić information content (AvgIpc) is 3.06. The molecule has 152 valence electrons. The number of ether oxygens (including phenoxy) is 2. The zero-order valence-electron chi connectivity index (χ0n) is 17.6. The van der Waals surface area contributed by atoms with Gasteiger partial charge in [0.05, 0.1) is 29.4 Å². The molecule has 3 rings (SSSR count). The van der Waals surface area contributed by atoms with Crippen molar-refractivity contribution in [2.24, 2.45) is 4.99 Å². The van der Waals surface area contributed by atoms with E-state index in [2.05, 4.69) is 11.4 Å². The Balaban J connectivity index is 2.24. The molecule has 1 aromatic rings. The monoisotopic (exact) mass is 393 g/mol. The second-order valence-corrected chi connectivity index (χ2v) is 7.82. The van der Waals surface area contributed by atoms with Gasteiger partial charge in [-0.15, -0.1) is 0 Å². The van der Waals surface area contributed by atoms with Crippen molar-refractivity contribution in [1.29, 1.82) is 5.26 Å². The van der Waals surface area contributed by atoms with Gasteiger partial charge < -0.3 is 14.8 Å². The van der Waals surface area contributed by atoms with Crippen LogP contribution in [0.1, 0.15) is 58.1 Å². The molecule has 0 spiro atoms. The average molecular weight is 393 g/mol. The van der Waals surface area contributed by atoms with E-state index in [4.69, 9.17) is 14.5 Å². The first kappa shape index (κ1) is 20.7. The fourth-order valence-electron chi connectivity index (χ4n) is 3.75. The predicted molar refractivity (Wildman–Crippen MR) is 111 cm³/mol. The number of nitrogens with one attached hydrogen (secondary N) is 1. The van der Waals surface area contributed by atoms with E-state index in [0.717, 1.165) is 29.0 Å². The first-order chi connectivity index (χ1) is 13.8. The Labute approximate surface area is 171 Å². The molecule has 0 aliphatic carbocycles. The largest absolute Gasteiger partial charge is 0.475 e. The number of carbonyl (C=O) groups is 1. The Morgan fingerprint density at radius 3 is 2.76 bits per heavy atom. The molecule has 1 aromatic carbocycles. The summed E-state index contributed by atoms with van der Waals surface area (Å²) in [5.41, 5.74) is 4.10. The zero-order chi connectivity index (χ0) is 21.2. The van der Waals surface area contributed by atoms with E-state index >= 15 is 0 Å². The number of carbonyl (C=O) groups excluding carboxylic acids is 1. The fourth-order valence-corrected chi connectivity index (χ4v) is 3.75. The van der Waals surface area contributed by atoms with Crippen LogP contribution in [0, 0.1) is 11.3 Å². The zero-order valence-corrected chi connectivity index (χ0v) is 17.6. The highest BCUT2D eigenvalue weighted by atomic mass is 16.5. The van der Waals surface area contributed by atoms with Crippen molar-refractivity contribution < 1.29 is 14.3 Å². The van der Waals surface area contributed by atoms with E-state index < -0.39 is 5.92 Å². The van der Waals surface area contributed by atoms with Gasteiger partial charge in [-0.25, -0.2) is 9.79 Å². The molecule has 2 aliphatic rings. The molecule has 0 amide bonds. The summed E-state index contributed by atoms with van der Waals surface area (Å²) in [5.74, 6) is -0.261. The number of allylic oxidation sites excluding steroid dienone is 2. The van der Waals surface area contributed by atoms with Crippen molar-refractivity contribution >= 4 is 11.9 Å². The van der Waals surface area contributed by atoms with Crippen molar-refractivity contribution in [1.82, 2.24) is 5.32 Å². The maximum absolute atomic E-state index is 12.9. The molecular weight excluding hydrogens is 366 g/mol. The van der Waals surface area contributed by atoms with Crippen LogP contribution in [0.25, 0.3) is 0 Å². The lowest BCUT2D eigenvalue weighted by atomic mass is 9.79. The molecule has 0 bridgehead atoms. The van der Waals surface area contributed by atoms with E-state index in [-0.39, 0.29) is 18.1 Å². The molecule has 0 aromatic heterocycles. The van der Waals surface area contributed by atoms with Gasteiger partial charge in [0.2, 0.25) is 5.90 Å². The maximum Gasteiger partial charge on any atom is 0.336 e. The minimum Gasteiger partial charge on any atom is -0.475 e. The van der Waals surface area contributed by atoms with Gasteiger partial charge in [-0.3, -0.25) is 0 Å². The summed E-state index contributed by atoms with van der Waals surface area (Å²) in [5, 5.41) is 12.8. The van der Waals surface area contributed by atoms with Crippen molar-refractivity contribution in [2.45, 2.75) is 52.5 Å². The Hall–Kier alpha value is -3.07. The summed E-state index contributed by atoms with van der Waals surface area (Å²) in [6.07, 6.45) is 0.722. The number of benzene rings is 1. The molecule has 1 N–H and O–H groups in total. The molecule has 0 radical (unpaired) electrons. The number of hydrogen-bond donors (Lipinski definition) is 1. The Bertz CT molecular complexity index is 964. The second-order valence-electron chi connectivity index (χ2n) is 7.82. The lowest BCUT2D eigenvalue weighted by Gasteiger charge is -2.32. The second kappa shape index (κ2) is 8.12. The van der Waals surface area contributed by atoms with E-state index in [1.165, 1.54) is 0 Å². The number of rotatable bonds is 5. The molecule has 0 saturated heterocycles. The van der Waals surface area contributed by atoms with Crippen LogP contribution in [-0.2, 0) is 14.3 Å². The van der Waals surface area contributed by atoms with E-state index in [1.807, 2.05) is 45.9 Å². The third-order valence-corrected chi connectivity index (χ3v) is 5.04. The molecule has 2 aliphatic heterocycles. The fraction of sp³-hybridized carbons (Fsp3) is 0.435. The molecular formula is C23H27N3O3. The van der Waals surface area contributed by atoms with Gasteiger partial charge >= 0.3 is 5.97 Å². The standard InChI is InChI=1S/C23H27N3O3/c1-6-17-20(21-26-23(4,5)13-29-21)19(16-10-8-9-15(11-16)12-24)18(14(3)25-17)22(27)28-7-2/h8-11,19,25H,6-7,13H2,1-5H3. The molecule has 2 heterocycles. The van der Waals surface area contributed by atoms with Crippen LogP contribution in [0.2, 0.25) is 0 Å². The van der Waals surface area contributed by atoms with Crippen LogP contribution in [-0.4, -0.2) is 30.6 Å². The normalized spacial score (nSPS) is 20.6. The summed E-state index contributed by atoms with van der Waals surface area (Å²) in [7, 11) is 0. The summed E-state index contributed by atoms with van der Waals surface area (Å²) >= 11 is 0. The van der Waals surface area contributed by atoms with Crippen LogP contribution in [0.5, 0.6) is 0 Å². The number of aliphatic imine (C=N–C) groups is 1. The lowest BCUT2D eigenvalue weighted by molar-refractivity contribution is -0.138. The number of hydrogen-bond acceptors (Lipinski definition) is 6. The van der Waals surface area contributed by atoms with Gasteiger partial charge in [0.1, 0.15) is 6.61 Å². The van der Waals surface area contributed by atoms with Crippen molar-refractivity contribution in [3.8, 4) is 6.07 Å². The quantitative estimate of drug-likeness (QED) is 0.766. The minimum absolute atomic E-state index is 0.282. The van der Waals surface area contributed by atoms with Gasteiger partial charge in [0.15, 0.2) is 0 Å². The number of nitrogens with zero attached hydrogens (tertiary/aromatic N) is 2. The molecule has 0 fully saturated rings. The third-order valence-electron chi connectivity index (χ3n) is 5.04. The summed E-state index contributed by atoms with van der Waals surface area (Å²) < 4.78 is 11.4. The number of nitriles is 1. The molecule has 6 nitrogen and oxygen atoms in total. The van der Waals surface area contributed by atoms with E-state index in [1.54, 1.807) is 13.0 Å². The highest BCUT2D eigenvalue weighted by Crippen LogP contribution is 2.42. The van der Waals surface area contributed by atoms with Crippen molar-refractivity contribution in [3.63, 3.8) is 0 Å². The van der Waals surface area contributed by atoms with Gasteiger partial charge in [0, 0.05) is 22.9 Å². The predicted octanol–water partition coefficient (Wildman–Crippen LogP) is 3.95. The van der Waals surface area contributed by atoms with E-state index in [0.29, 0.717) is 23.6 Å². The minimum atomic E-state index is -0.425. The van der Waals surface area contributed by atoms with Gasteiger partial charge in [-0.2, -0.15) is 5.26 Å². The van der Waals surface area contributed by atoms with Gasteiger partial charge in [0.25, 0.3) is 0 Å². The van der Waals surface area contributed by atoms with Crippen LogP contribution in [0.4, 0.5) is 0 Å². The van der Waals surface area contributed by atoms with Crippen molar-refractivity contribution in [2.75, 3.05) is 13.2 Å². The Kier molecular flexibility index (Phi) is 5.78. The van der Waals surface area contributed by atoms with Crippen LogP contribution < -0.4 is 5.32 Å². The Morgan fingerprint density at radius 2 is 2.17 bits per heavy atom. The summed E-state index contributed by atoms with van der Waals surface area (Å²) in [4.78, 5) is 17.7. The van der Waals surface area contributed by atoms with Gasteiger partial charge in [-0.1, -0.05) is 19.1 Å². The first-order valence-electron chi connectivity index (χ1n) is 9.92. The molecule has 1 atom stereocenters. The highest BCUT2D eigenvalue weighted by Gasteiger charge is 2.40. The van der Waals surface area contributed by atoms with Crippen LogP contribution in [0.15, 0.2) is 51.8 Å². The van der Waals surface area contributed by atoms with Crippen LogP contribution in [0.3, 0.4) is 0 Å². The number of dihydropyridines is 1. The SMILES string of the molecule is CCOC(=O)C1=C(C)NC(CC)=C(C2=NC(C)(C)CO2)C1c1cccc(C#N)c1. The molecule has 0 saturated carbocycles. The Morgan fingerprint density at radius 1 is 1.41 bits per heavy atom. The summed E-state index contributed by atoms with van der Waals surface area (Å²) in [6, 6.07) is 9.51. The topological polar surface area (TPSA) is 83.7 Å². The summed E-state index contributed by atoms with van der Waals surface area (Å²) in [6.45, 7) is 10.5. The van der Waals surface area contributed by atoms with E-state index in [9.17, 15) is 10.1 Å². The van der Waals surface area contributed by atoms with Crippen molar-refractivity contribution in [3.05, 3.63) is 57.9 Å². The molecule has 1 unspecified atom stereocenters.